The SMILES string of the molecule is O=C(CNS(=O)(=O)c1ccc(F)cc1)N1[C@@H]2CC[C@H]1CC(C(Cc1cc(F)c(F)cc1F)NI)C2. The number of amides is 1. The highest BCUT2D eigenvalue weighted by Gasteiger charge is 2.45. The van der Waals surface area contributed by atoms with Crippen LogP contribution in [0.4, 0.5) is 17.6 Å². The van der Waals surface area contributed by atoms with E-state index >= 15 is 0 Å². The van der Waals surface area contributed by atoms with Crippen molar-refractivity contribution < 1.29 is 30.8 Å². The van der Waals surface area contributed by atoms with Gasteiger partial charge >= 0.3 is 0 Å². The molecule has 2 heterocycles. The molecule has 2 saturated heterocycles. The van der Waals surface area contributed by atoms with E-state index < -0.39 is 39.8 Å². The molecule has 4 atom stereocenters. The van der Waals surface area contributed by atoms with E-state index in [0.29, 0.717) is 18.9 Å². The van der Waals surface area contributed by atoms with Crippen LogP contribution in [0.3, 0.4) is 0 Å². The minimum atomic E-state index is -3.97. The van der Waals surface area contributed by atoms with Gasteiger partial charge in [-0.05, 0) is 73.9 Å². The first-order valence-electron chi connectivity index (χ1n) is 11.1. The van der Waals surface area contributed by atoms with Crippen molar-refractivity contribution in [3.8, 4) is 0 Å². The van der Waals surface area contributed by atoms with Gasteiger partial charge in [0.05, 0.1) is 11.4 Å². The number of nitrogens with one attached hydrogen (secondary N) is 2. The molecule has 190 valence electrons. The molecule has 0 saturated carbocycles. The van der Waals surface area contributed by atoms with Crippen LogP contribution in [0.5, 0.6) is 0 Å². The molecule has 6 nitrogen and oxygen atoms in total. The smallest absolute Gasteiger partial charge is 0.241 e. The van der Waals surface area contributed by atoms with Crippen LogP contribution in [0.25, 0.3) is 0 Å². The molecule has 0 spiro atoms. The van der Waals surface area contributed by atoms with Gasteiger partial charge < -0.3 is 4.90 Å². The van der Waals surface area contributed by atoms with E-state index in [9.17, 15) is 30.8 Å². The molecule has 2 fully saturated rings. The van der Waals surface area contributed by atoms with Crippen molar-refractivity contribution in [2.45, 2.75) is 55.1 Å². The third-order valence-electron chi connectivity index (χ3n) is 6.83. The Hall–Kier alpha value is -1.77. The fourth-order valence-electron chi connectivity index (χ4n) is 5.15. The molecular weight excluding hydrogens is 601 g/mol. The Morgan fingerprint density at radius 1 is 1.00 bits per heavy atom. The lowest BCUT2D eigenvalue weighted by Gasteiger charge is -2.41. The summed E-state index contributed by atoms with van der Waals surface area (Å²) in [6.45, 7) is -0.411. The molecule has 35 heavy (non-hydrogen) atoms. The van der Waals surface area contributed by atoms with E-state index in [1.807, 2.05) is 22.9 Å². The van der Waals surface area contributed by atoms with Gasteiger partial charge in [0.25, 0.3) is 0 Å². The number of fused-ring (bicyclic) bond motifs is 2. The third kappa shape index (κ3) is 5.81. The van der Waals surface area contributed by atoms with Crippen molar-refractivity contribution in [2.75, 3.05) is 6.54 Å². The molecule has 0 aliphatic carbocycles. The van der Waals surface area contributed by atoms with Crippen molar-refractivity contribution in [2.24, 2.45) is 5.92 Å². The monoisotopic (exact) mass is 625 g/mol. The van der Waals surface area contributed by atoms with Crippen LogP contribution >= 0.6 is 22.9 Å². The Bertz CT molecular complexity index is 1190. The van der Waals surface area contributed by atoms with Crippen LogP contribution in [0, 0.1) is 29.2 Å². The Kier molecular flexibility index (Phi) is 8.03. The number of carbonyl (C=O) groups excluding carboxylic acids is 1. The first kappa shape index (κ1) is 26.3. The Morgan fingerprint density at radius 2 is 1.60 bits per heavy atom. The van der Waals surface area contributed by atoms with Crippen molar-refractivity contribution in [1.29, 1.82) is 0 Å². The van der Waals surface area contributed by atoms with Gasteiger partial charge in [0.15, 0.2) is 11.6 Å². The average Bonchev–Trinajstić information content (AvgIpc) is 3.08. The number of piperidine rings is 1. The van der Waals surface area contributed by atoms with Crippen LogP contribution in [-0.4, -0.2) is 43.9 Å². The van der Waals surface area contributed by atoms with Crippen molar-refractivity contribution in [1.82, 2.24) is 13.2 Å². The van der Waals surface area contributed by atoms with Crippen LogP contribution in [0.15, 0.2) is 41.3 Å². The van der Waals surface area contributed by atoms with Crippen molar-refractivity contribution >= 4 is 38.8 Å². The van der Waals surface area contributed by atoms with E-state index in [-0.39, 0.29) is 46.8 Å². The van der Waals surface area contributed by atoms with E-state index in [0.717, 1.165) is 43.2 Å². The Labute approximate surface area is 215 Å². The molecule has 2 aliphatic heterocycles. The summed E-state index contributed by atoms with van der Waals surface area (Å²) in [6, 6.07) is 5.35. The van der Waals surface area contributed by atoms with Crippen LogP contribution < -0.4 is 8.25 Å². The highest BCUT2D eigenvalue weighted by atomic mass is 127. The van der Waals surface area contributed by atoms with Gasteiger partial charge in [-0.25, -0.2) is 30.7 Å². The molecule has 4 rings (SSSR count). The highest BCUT2D eigenvalue weighted by molar-refractivity contribution is 14.1. The van der Waals surface area contributed by atoms with Gasteiger partial charge in [-0.15, -0.1) is 0 Å². The van der Waals surface area contributed by atoms with E-state index in [4.69, 9.17) is 0 Å². The maximum Gasteiger partial charge on any atom is 0.241 e. The predicted molar refractivity (Wildman–Crippen MR) is 129 cm³/mol. The van der Waals surface area contributed by atoms with Gasteiger partial charge in [0, 0.05) is 47.1 Å². The molecule has 2 bridgehead atoms. The normalized spacial score (nSPS) is 22.9. The summed E-state index contributed by atoms with van der Waals surface area (Å²) in [4.78, 5) is 14.5. The fraction of sp³-hybridized carbons (Fsp3) is 0.435. The fourth-order valence-corrected chi connectivity index (χ4v) is 6.85. The summed E-state index contributed by atoms with van der Waals surface area (Å²) in [7, 11) is -3.97. The third-order valence-corrected chi connectivity index (χ3v) is 9.05. The van der Waals surface area contributed by atoms with Gasteiger partial charge in [0.2, 0.25) is 15.9 Å². The number of rotatable bonds is 8. The number of halogens is 5. The summed E-state index contributed by atoms with van der Waals surface area (Å²) < 4.78 is 84.5. The summed E-state index contributed by atoms with van der Waals surface area (Å²) >= 11 is 1.97. The number of hydrogen-bond donors (Lipinski definition) is 2. The molecule has 0 radical (unpaired) electrons. The van der Waals surface area contributed by atoms with Crippen molar-refractivity contribution in [3.05, 3.63) is 65.2 Å². The standard InChI is InChI=1S/C23H24F4IN3O3S/c24-15-1-5-18(6-2-15)35(33,34)29-12-23(32)31-16-3-4-17(31)8-14(7-16)22(30-28)10-13-9-20(26)21(27)11-19(13)25/h1-2,5-6,9,11,14,16-17,22,29-30H,3-4,7-8,10,12H2/t14?,16-,17+,22?. The molecule has 0 aromatic heterocycles. The average molecular weight is 625 g/mol. The number of nitrogens with zero attached hydrogens (tertiary/aromatic N) is 1. The number of carbonyl (C=O) groups is 1. The molecular formula is C23H24F4IN3O3S. The second-order valence-electron chi connectivity index (χ2n) is 8.97. The van der Waals surface area contributed by atoms with Gasteiger partial charge in [-0.1, -0.05) is 0 Å². The molecule has 2 unspecified atom stereocenters. The van der Waals surface area contributed by atoms with Crippen LogP contribution in [0.2, 0.25) is 0 Å². The lowest BCUT2D eigenvalue weighted by atomic mass is 9.82. The maximum atomic E-state index is 14.2. The maximum absolute atomic E-state index is 14.2. The zero-order valence-electron chi connectivity index (χ0n) is 18.5. The first-order valence-corrected chi connectivity index (χ1v) is 13.7. The van der Waals surface area contributed by atoms with Crippen LogP contribution in [0.1, 0.15) is 31.2 Å². The molecule has 12 heteroatoms. The number of benzene rings is 2. The lowest BCUT2D eigenvalue weighted by Crippen LogP contribution is -2.52. The quantitative estimate of drug-likeness (QED) is 0.203. The predicted octanol–water partition coefficient (Wildman–Crippen LogP) is 3.84. The topological polar surface area (TPSA) is 78.5 Å². The summed E-state index contributed by atoms with van der Waals surface area (Å²) in [5.74, 6) is -3.97. The minimum Gasteiger partial charge on any atom is -0.336 e. The minimum absolute atomic E-state index is 0.0665. The number of hydrogen-bond acceptors (Lipinski definition) is 4. The Balaban J connectivity index is 1.39. The lowest BCUT2D eigenvalue weighted by molar-refractivity contribution is -0.135. The largest absolute Gasteiger partial charge is 0.336 e. The van der Waals surface area contributed by atoms with Gasteiger partial charge in [-0.3, -0.25) is 8.32 Å². The zero-order valence-corrected chi connectivity index (χ0v) is 21.5. The molecule has 2 aliphatic rings. The molecule has 2 aromatic carbocycles. The van der Waals surface area contributed by atoms with Crippen molar-refractivity contribution in [3.63, 3.8) is 0 Å². The summed E-state index contributed by atoms with van der Waals surface area (Å²) in [6.07, 6.45) is 2.95. The zero-order chi connectivity index (χ0) is 25.3. The van der Waals surface area contributed by atoms with E-state index in [2.05, 4.69) is 8.25 Å². The molecule has 2 N–H and O–H groups in total. The first-order chi connectivity index (χ1) is 16.6. The number of sulfonamides is 1. The van der Waals surface area contributed by atoms with Gasteiger partial charge in [-0.2, -0.15) is 0 Å². The molecule has 2 aromatic rings. The summed E-state index contributed by atoms with van der Waals surface area (Å²) in [5, 5.41) is 0. The van der Waals surface area contributed by atoms with Crippen LogP contribution in [-0.2, 0) is 21.2 Å². The Morgan fingerprint density at radius 3 is 2.20 bits per heavy atom. The molecule has 1 amide bonds. The summed E-state index contributed by atoms with van der Waals surface area (Å²) in [5.41, 5.74) is 0.0825. The highest BCUT2D eigenvalue weighted by Crippen LogP contribution is 2.40. The van der Waals surface area contributed by atoms with E-state index in [1.165, 1.54) is 0 Å². The van der Waals surface area contributed by atoms with Gasteiger partial charge in [0.1, 0.15) is 11.6 Å². The second kappa shape index (κ2) is 10.7. The second-order valence-corrected chi connectivity index (χ2v) is 11.4. The van der Waals surface area contributed by atoms with E-state index in [1.54, 1.807) is 4.90 Å².